The highest BCUT2D eigenvalue weighted by atomic mass is 79.9. The molecule has 0 aliphatic rings. The summed E-state index contributed by atoms with van der Waals surface area (Å²) in [4.78, 5) is 29.8. The summed E-state index contributed by atoms with van der Waals surface area (Å²) in [5.74, 6) is -0.453. The van der Waals surface area contributed by atoms with Gasteiger partial charge in [0.25, 0.3) is 5.91 Å². The first-order valence-corrected chi connectivity index (χ1v) is 10.6. The third kappa shape index (κ3) is 5.16. The van der Waals surface area contributed by atoms with Crippen LogP contribution in [0.5, 0.6) is 0 Å². The van der Waals surface area contributed by atoms with E-state index in [4.69, 9.17) is 0 Å². The second-order valence-electron chi connectivity index (χ2n) is 7.12. The van der Waals surface area contributed by atoms with Gasteiger partial charge in [0.05, 0.1) is 11.9 Å². The van der Waals surface area contributed by atoms with Gasteiger partial charge in [-0.3, -0.25) is 9.59 Å². The molecule has 0 bridgehead atoms. The molecule has 1 N–H and O–H groups in total. The van der Waals surface area contributed by atoms with Crippen LogP contribution in [0.25, 0.3) is 0 Å². The van der Waals surface area contributed by atoms with E-state index >= 15 is 0 Å². The average molecular weight is 474 g/mol. The molecule has 0 saturated carbocycles. The van der Waals surface area contributed by atoms with Crippen LogP contribution in [0.15, 0.2) is 96.0 Å². The van der Waals surface area contributed by atoms with Crippen molar-refractivity contribution in [2.24, 2.45) is 0 Å². The molecule has 3 aromatic carbocycles. The van der Waals surface area contributed by atoms with Gasteiger partial charge < -0.3 is 9.88 Å². The zero-order valence-electron chi connectivity index (χ0n) is 16.7. The highest BCUT2D eigenvalue weighted by molar-refractivity contribution is 9.10. The van der Waals surface area contributed by atoms with Crippen LogP contribution in [0, 0.1) is 0 Å². The second kappa shape index (κ2) is 9.53. The Morgan fingerprint density at radius 3 is 2.23 bits per heavy atom. The van der Waals surface area contributed by atoms with Crippen LogP contribution in [-0.4, -0.2) is 21.2 Å². The Kier molecular flexibility index (Phi) is 6.38. The summed E-state index contributed by atoms with van der Waals surface area (Å²) in [6, 6.07) is 22.0. The third-order valence-corrected chi connectivity index (χ3v) is 5.45. The number of imidazole rings is 1. The number of halogens is 1. The molecule has 1 heterocycles. The number of hydrogen-bond donors (Lipinski definition) is 1. The number of carbonyl (C=O) groups is 2. The van der Waals surface area contributed by atoms with Gasteiger partial charge >= 0.3 is 0 Å². The van der Waals surface area contributed by atoms with Crippen LogP contribution in [0.2, 0.25) is 0 Å². The van der Waals surface area contributed by atoms with Crippen molar-refractivity contribution >= 4 is 27.6 Å². The predicted molar refractivity (Wildman–Crippen MR) is 123 cm³/mol. The third-order valence-electron chi connectivity index (χ3n) is 4.92. The van der Waals surface area contributed by atoms with Gasteiger partial charge in [-0.2, -0.15) is 0 Å². The molecule has 154 valence electrons. The van der Waals surface area contributed by atoms with Crippen molar-refractivity contribution in [3.8, 4) is 0 Å². The van der Waals surface area contributed by atoms with Gasteiger partial charge in [-0.1, -0.05) is 58.4 Å². The fraction of sp³-hybridized carbons (Fsp3) is 0.0800. The summed E-state index contributed by atoms with van der Waals surface area (Å²) in [6.07, 6.45) is 5.45. The number of nitrogens with zero attached hydrogens (tertiary/aromatic N) is 2. The number of amides is 1. The Morgan fingerprint density at radius 2 is 1.55 bits per heavy atom. The molecule has 0 atom stereocenters. The molecular weight excluding hydrogens is 454 g/mol. The van der Waals surface area contributed by atoms with E-state index in [9.17, 15) is 9.59 Å². The summed E-state index contributed by atoms with van der Waals surface area (Å²) in [5.41, 5.74) is 3.43. The van der Waals surface area contributed by atoms with Crippen LogP contribution in [0.1, 0.15) is 37.4 Å². The number of aromatic nitrogens is 2. The van der Waals surface area contributed by atoms with Gasteiger partial charge in [0, 0.05) is 41.1 Å². The van der Waals surface area contributed by atoms with Gasteiger partial charge in [-0.15, -0.1) is 0 Å². The molecule has 1 amide bonds. The van der Waals surface area contributed by atoms with Crippen LogP contribution in [0.3, 0.4) is 0 Å². The quantitative estimate of drug-likeness (QED) is 0.390. The van der Waals surface area contributed by atoms with Crippen molar-refractivity contribution in [3.63, 3.8) is 0 Å². The summed E-state index contributed by atoms with van der Waals surface area (Å²) < 4.78 is 2.89. The van der Waals surface area contributed by atoms with Gasteiger partial charge in [0.15, 0.2) is 5.78 Å². The molecule has 4 rings (SSSR count). The van der Waals surface area contributed by atoms with Crippen molar-refractivity contribution < 1.29 is 9.59 Å². The van der Waals surface area contributed by atoms with Gasteiger partial charge in [0.2, 0.25) is 0 Å². The minimum Gasteiger partial charge on any atom is -0.348 e. The Hall–Kier alpha value is -3.51. The molecule has 6 heteroatoms. The molecule has 5 nitrogen and oxygen atoms in total. The molecule has 31 heavy (non-hydrogen) atoms. The zero-order chi connectivity index (χ0) is 21.6. The van der Waals surface area contributed by atoms with E-state index in [2.05, 4.69) is 26.2 Å². The van der Waals surface area contributed by atoms with E-state index in [0.717, 1.165) is 22.1 Å². The summed E-state index contributed by atoms with van der Waals surface area (Å²) in [5, 5.41) is 2.92. The Morgan fingerprint density at radius 1 is 0.871 bits per heavy atom. The van der Waals surface area contributed by atoms with Crippen molar-refractivity contribution in [2.75, 3.05) is 0 Å². The van der Waals surface area contributed by atoms with E-state index in [1.165, 1.54) is 0 Å². The minimum atomic E-state index is -0.274. The minimum absolute atomic E-state index is 0.179. The van der Waals surface area contributed by atoms with Crippen LogP contribution >= 0.6 is 15.9 Å². The lowest BCUT2D eigenvalue weighted by Gasteiger charge is -2.10. The van der Waals surface area contributed by atoms with E-state index < -0.39 is 0 Å². The highest BCUT2D eigenvalue weighted by Gasteiger charge is 2.17. The summed E-state index contributed by atoms with van der Waals surface area (Å²) in [7, 11) is 0. The van der Waals surface area contributed by atoms with Crippen LogP contribution in [0.4, 0.5) is 0 Å². The summed E-state index contributed by atoms with van der Waals surface area (Å²) in [6.45, 7) is 1.13. The number of hydrogen-bond acceptors (Lipinski definition) is 3. The Labute approximate surface area is 188 Å². The maximum atomic E-state index is 12.9. The number of carbonyl (C=O) groups excluding carboxylic acids is 2. The number of ketones is 1. The van der Waals surface area contributed by atoms with Crippen LogP contribution < -0.4 is 5.32 Å². The van der Waals surface area contributed by atoms with Crippen molar-refractivity contribution in [2.45, 2.75) is 13.1 Å². The lowest BCUT2D eigenvalue weighted by Crippen LogP contribution is -2.25. The smallest absolute Gasteiger partial charge is 0.252 e. The van der Waals surface area contributed by atoms with E-state index in [-0.39, 0.29) is 11.7 Å². The first kappa shape index (κ1) is 20.8. The van der Waals surface area contributed by atoms with Crippen LogP contribution in [-0.2, 0) is 13.1 Å². The first-order valence-electron chi connectivity index (χ1n) is 9.81. The maximum Gasteiger partial charge on any atom is 0.252 e. The largest absolute Gasteiger partial charge is 0.348 e. The topological polar surface area (TPSA) is 64.0 Å². The normalized spacial score (nSPS) is 10.6. The molecule has 0 spiro atoms. The molecule has 0 aliphatic heterocycles. The SMILES string of the molecule is O=C(NCc1ccc(Cn2ccnc2)cc1)c1ccccc1C(=O)c1ccc(Br)cc1. The fourth-order valence-electron chi connectivity index (χ4n) is 3.27. The molecular formula is C25H20BrN3O2. The molecule has 4 aromatic rings. The van der Waals surface area contributed by atoms with Crippen molar-refractivity contribution in [3.05, 3.63) is 124 Å². The molecule has 0 fully saturated rings. The predicted octanol–water partition coefficient (Wildman–Crippen LogP) is 4.85. The summed E-state index contributed by atoms with van der Waals surface area (Å²) >= 11 is 3.37. The number of nitrogens with one attached hydrogen (secondary N) is 1. The van der Waals surface area contributed by atoms with E-state index in [1.807, 2.05) is 47.2 Å². The number of benzene rings is 3. The lowest BCUT2D eigenvalue weighted by molar-refractivity contribution is 0.0939. The van der Waals surface area contributed by atoms with Gasteiger partial charge in [0.1, 0.15) is 0 Å². The number of rotatable bonds is 7. The van der Waals surface area contributed by atoms with Gasteiger partial charge in [-0.05, 0) is 41.5 Å². The Bertz CT molecular complexity index is 1180. The first-order chi connectivity index (χ1) is 15.1. The molecule has 1 aromatic heterocycles. The molecule has 0 saturated heterocycles. The zero-order valence-corrected chi connectivity index (χ0v) is 18.2. The lowest BCUT2D eigenvalue weighted by atomic mass is 9.98. The second-order valence-corrected chi connectivity index (χ2v) is 8.03. The van der Waals surface area contributed by atoms with Crippen molar-refractivity contribution in [1.29, 1.82) is 0 Å². The van der Waals surface area contributed by atoms with Gasteiger partial charge in [-0.25, -0.2) is 4.98 Å². The Balaban J connectivity index is 1.43. The molecule has 0 radical (unpaired) electrons. The highest BCUT2D eigenvalue weighted by Crippen LogP contribution is 2.17. The van der Waals surface area contributed by atoms with E-state index in [1.54, 1.807) is 48.9 Å². The standard InChI is InChI=1S/C25H20BrN3O2/c26-21-11-9-20(10-12-21)24(30)22-3-1-2-4-23(22)25(31)28-15-18-5-7-19(8-6-18)16-29-14-13-27-17-29/h1-14,17H,15-16H2,(H,28,31). The monoisotopic (exact) mass is 473 g/mol. The van der Waals surface area contributed by atoms with E-state index in [0.29, 0.717) is 23.2 Å². The fourth-order valence-corrected chi connectivity index (χ4v) is 3.53. The molecule has 0 aliphatic carbocycles. The van der Waals surface area contributed by atoms with Crippen molar-refractivity contribution in [1.82, 2.24) is 14.9 Å². The molecule has 0 unspecified atom stereocenters. The maximum absolute atomic E-state index is 12.9. The average Bonchev–Trinajstić information content (AvgIpc) is 3.31.